The van der Waals surface area contributed by atoms with Crippen molar-refractivity contribution < 1.29 is 31.2 Å². The predicted octanol–water partition coefficient (Wildman–Crippen LogP) is 2.80. The van der Waals surface area contributed by atoms with E-state index in [9.17, 15) is 17.2 Å². The van der Waals surface area contributed by atoms with Crippen molar-refractivity contribution in [3.8, 4) is 11.5 Å². The zero-order valence-electron chi connectivity index (χ0n) is 16.2. The van der Waals surface area contributed by atoms with Crippen LogP contribution in [0.1, 0.15) is 11.7 Å². The summed E-state index contributed by atoms with van der Waals surface area (Å²) in [6.07, 6.45) is 0.110. The van der Waals surface area contributed by atoms with E-state index in [1.54, 1.807) is 31.4 Å². The van der Waals surface area contributed by atoms with E-state index in [-0.39, 0.29) is 31.3 Å². The second-order valence-electron chi connectivity index (χ2n) is 6.22. The van der Waals surface area contributed by atoms with Crippen molar-refractivity contribution in [1.29, 1.82) is 0 Å². The summed E-state index contributed by atoms with van der Waals surface area (Å²) < 4.78 is 68.7. The normalized spacial score (nSPS) is 11.6. The molecule has 0 amide bonds. The van der Waals surface area contributed by atoms with Gasteiger partial charge in [0.05, 0.1) is 7.11 Å². The molecule has 1 aromatic heterocycles. The van der Waals surface area contributed by atoms with Gasteiger partial charge < -0.3 is 14.0 Å². The Morgan fingerprint density at radius 1 is 1.10 bits per heavy atom. The first kappa shape index (κ1) is 21.7. The van der Waals surface area contributed by atoms with Crippen molar-refractivity contribution in [3.63, 3.8) is 0 Å². The van der Waals surface area contributed by atoms with Gasteiger partial charge in [0.25, 0.3) is 5.89 Å². The number of sulfonamides is 1. The van der Waals surface area contributed by atoms with Crippen LogP contribution in [-0.2, 0) is 23.1 Å². The SMILES string of the molecule is COc1ccc(OCc2nc(CCN(C)S(=O)(=O)c3cc(F)ccc3F)no2)cc1. The summed E-state index contributed by atoms with van der Waals surface area (Å²) in [7, 11) is -1.39. The lowest BCUT2D eigenvalue weighted by molar-refractivity contribution is 0.242. The van der Waals surface area contributed by atoms with E-state index in [0.29, 0.717) is 17.6 Å². The van der Waals surface area contributed by atoms with E-state index in [1.165, 1.54) is 7.05 Å². The fourth-order valence-electron chi connectivity index (χ4n) is 2.49. The lowest BCUT2D eigenvalue weighted by Crippen LogP contribution is -2.30. The molecule has 2 aromatic carbocycles. The standard InChI is InChI=1S/C19H19F2N3O5S/c1-24(30(25,26)17-11-13(20)3-8-16(17)21)10-9-18-22-19(29-23-18)12-28-15-6-4-14(27-2)5-7-15/h3-8,11H,9-10,12H2,1-2H3. The molecule has 3 aromatic rings. The highest BCUT2D eigenvalue weighted by Gasteiger charge is 2.25. The highest BCUT2D eigenvalue weighted by molar-refractivity contribution is 7.89. The van der Waals surface area contributed by atoms with E-state index in [4.69, 9.17) is 14.0 Å². The first-order valence-corrected chi connectivity index (χ1v) is 10.2. The van der Waals surface area contributed by atoms with Gasteiger partial charge in [-0.25, -0.2) is 21.5 Å². The second-order valence-corrected chi connectivity index (χ2v) is 8.23. The quantitative estimate of drug-likeness (QED) is 0.506. The molecule has 0 radical (unpaired) electrons. The van der Waals surface area contributed by atoms with Crippen LogP contribution in [0.2, 0.25) is 0 Å². The molecule has 3 rings (SSSR count). The first-order chi connectivity index (χ1) is 14.3. The zero-order chi connectivity index (χ0) is 21.7. The van der Waals surface area contributed by atoms with Crippen LogP contribution in [-0.4, -0.2) is 43.6 Å². The maximum Gasteiger partial charge on any atom is 0.264 e. The Bertz CT molecular complexity index is 1100. The summed E-state index contributed by atoms with van der Waals surface area (Å²) in [5.41, 5.74) is 0. The predicted molar refractivity (Wildman–Crippen MR) is 102 cm³/mol. The molecule has 0 N–H and O–H groups in total. The molecular weight excluding hydrogens is 420 g/mol. The van der Waals surface area contributed by atoms with Crippen molar-refractivity contribution in [2.24, 2.45) is 0 Å². The Morgan fingerprint density at radius 2 is 1.80 bits per heavy atom. The van der Waals surface area contributed by atoms with Gasteiger partial charge in [0.15, 0.2) is 12.4 Å². The smallest absolute Gasteiger partial charge is 0.264 e. The van der Waals surface area contributed by atoms with Crippen LogP contribution in [0.4, 0.5) is 8.78 Å². The van der Waals surface area contributed by atoms with Crippen molar-refractivity contribution in [1.82, 2.24) is 14.4 Å². The van der Waals surface area contributed by atoms with Crippen LogP contribution >= 0.6 is 0 Å². The molecule has 160 valence electrons. The highest BCUT2D eigenvalue weighted by Crippen LogP contribution is 2.20. The molecular formula is C19H19F2N3O5S. The molecule has 0 aliphatic heterocycles. The minimum absolute atomic E-state index is 0.0297. The number of halogens is 2. The Kier molecular flexibility index (Phi) is 6.63. The molecule has 30 heavy (non-hydrogen) atoms. The van der Waals surface area contributed by atoms with Gasteiger partial charge in [-0.15, -0.1) is 0 Å². The van der Waals surface area contributed by atoms with Crippen LogP contribution in [0.3, 0.4) is 0 Å². The van der Waals surface area contributed by atoms with Gasteiger partial charge in [0.2, 0.25) is 10.0 Å². The van der Waals surface area contributed by atoms with Crippen LogP contribution < -0.4 is 9.47 Å². The number of ether oxygens (including phenoxy) is 2. The van der Waals surface area contributed by atoms with E-state index >= 15 is 0 Å². The number of likely N-dealkylation sites (N-methyl/N-ethyl adjacent to an activating group) is 1. The largest absolute Gasteiger partial charge is 0.497 e. The fourth-order valence-corrected chi connectivity index (χ4v) is 3.73. The van der Waals surface area contributed by atoms with Gasteiger partial charge in [-0.05, 0) is 42.5 Å². The molecule has 0 aliphatic carbocycles. The summed E-state index contributed by atoms with van der Waals surface area (Å²) in [5, 5.41) is 3.77. The summed E-state index contributed by atoms with van der Waals surface area (Å²) in [6.45, 7) is -0.0292. The molecule has 0 fully saturated rings. The van der Waals surface area contributed by atoms with E-state index in [1.807, 2.05) is 0 Å². The average Bonchev–Trinajstić information content (AvgIpc) is 3.20. The molecule has 0 spiro atoms. The molecule has 0 atom stereocenters. The number of aromatic nitrogens is 2. The number of benzene rings is 2. The third kappa shape index (κ3) is 5.10. The summed E-state index contributed by atoms with van der Waals surface area (Å²) in [5.74, 6) is -0.130. The topological polar surface area (TPSA) is 94.8 Å². The summed E-state index contributed by atoms with van der Waals surface area (Å²) >= 11 is 0. The van der Waals surface area contributed by atoms with Crippen LogP contribution in [0.5, 0.6) is 11.5 Å². The van der Waals surface area contributed by atoms with Crippen molar-refractivity contribution in [2.75, 3.05) is 20.7 Å². The zero-order valence-corrected chi connectivity index (χ0v) is 17.0. The van der Waals surface area contributed by atoms with Gasteiger partial charge in [0, 0.05) is 20.0 Å². The maximum atomic E-state index is 13.8. The number of nitrogens with zero attached hydrogens (tertiary/aromatic N) is 3. The number of rotatable bonds is 9. The number of methoxy groups -OCH3 is 1. The Morgan fingerprint density at radius 3 is 2.50 bits per heavy atom. The fraction of sp³-hybridized carbons (Fsp3) is 0.263. The van der Waals surface area contributed by atoms with Gasteiger partial charge in [-0.2, -0.15) is 4.98 Å². The second kappa shape index (κ2) is 9.18. The molecule has 0 aliphatic rings. The van der Waals surface area contributed by atoms with Gasteiger partial charge in [-0.1, -0.05) is 5.16 Å². The highest BCUT2D eigenvalue weighted by atomic mass is 32.2. The van der Waals surface area contributed by atoms with Gasteiger partial charge >= 0.3 is 0 Å². The molecule has 0 unspecified atom stereocenters. The lowest BCUT2D eigenvalue weighted by atomic mass is 10.3. The van der Waals surface area contributed by atoms with Gasteiger partial charge in [0.1, 0.15) is 28.0 Å². The summed E-state index contributed by atoms with van der Waals surface area (Å²) in [6, 6.07) is 9.19. The average molecular weight is 439 g/mol. The molecule has 1 heterocycles. The van der Waals surface area contributed by atoms with Crippen LogP contribution in [0.15, 0.2) is 51.9 Å². The lowest BCUT2D eigenvalue weighted by Gasteiger charge is -2.16. The third-order valence-corrected chi connectivity index (χ3v) is 6.04. The summed E-state index contributed by atoms with van der Waals surface area (Å²) in [4.78, 5) is 3.40. The number of hydrogen-bond acceptors (Lipinski definition) is 7. The maximum absolute atomic E-state index is 13.8. The van der Waals surface area contributed by atoms with Crippen LogP contribution in [0.25, 0.3) is 0 Å². The van der Waals surface area contributed by atoms with E-state index in [2.05, 4.69) is 10.1 Å². The molecule has 0 bridgehead atoms. The Hall–Kier alpha value is -3.05. The van der Waals surface area contributed by atoms with Crippen molar-refractivity contribution >= 4 is 10.0 Å². The minimum Gasteiger partial charge on any atom is -0.497 e. The Labute approximate surface area is 172 Å². The van der Waals surface area contributed by atoms with Crippen molar-refractivity contribution in [3.05, 3.63) is 65.8 Å². The van der Waals surface area contributed by atoms with Crippen molar-refractivity contribution in [2.45, 2.75) is 17.9 Å². The van der Waals surface area contributed by atoms with E-state index in [0.717, 1.165) is 16.4 Å². The first-order valence-electron chi connectivity index (χ1n) is 8.79. The van der Waals surface area contributed by atoms with E-state index < -0.39 is 26.6 Å². The Balaban J connectivity index is 1.57. The minimum atomic E-state index is -4.21. The molecule has 8 nitrogen and oxygen atoms in total. The van der Waals surface area contributed by atoms with Gasteiger partial charge in [-0.3, -0.25) is 0 Å². The molecule has 0 saturated heterocycles. The monoisotopic (exact) mass is 439 g/mol. The van der Waals surface area contributed by atoms with Crippen LogP contribution in [0, 0.1) is 11.6 Å². The molecule has 11 heteroatoms. The third-order valence-electron chi connectivity index (χ3n) is 4.16. The number of hydrogen-bond donors (Lipinski definition) is 0. The molecule has 0 saturated carbocycles.